The van der Waals surface area contributed by atoms with Crippen LogP contribution in [0.25, 0.3) is 0 Å². The summed E-state index contributed by atoms with van der Waals surface area (Å²) in [4.78, 5) is 27.5. The zero-order chi connectivity index (χ0) is 16.2. The second-order valence-corrected chi connectivity index (χ2v) is 20.1. The molecule has 0 amide bonds. The van der Waals surface area contributed by atoms with Crippen LogP contribution in [0.3, 0.4) is 0 Å². The van der Waals surface area contributed by atoms with Crippen LogP contribution in [0, 0.1) is 0 Å². The van der Waals surface area contributed by atoms with Crippen LogP contribution in [0.2, 0.25) is 59.3 Å². The zero-order valence-corrected chi connectivity index (χ0v) is 40.6. The van der Waals surface area contributed by atoms with E-state index in [1.807, 2.05) is 0 Å². The Kier molecular flexibility index (Phi) is 354. The maximum atomic E-state index is 2.30. The van der Waals surface area contributed by atoms with E-state index in [0.717, 1.165) is 0 Å². The fourth-order valence-electron chi connectivity index (χ4n) is 0. The molecule has 0 spiro atoms. The zero-order valence-electron chi connectivity index (χ0n) is 17.8. The normalized spacial score (nSPS) is 4.91. The molecule has 4 atom stereocenters. The summed E-state index contributed by atoms with van der Waals surface area (Å²) >= 11 is 1.38. The van der Waals surface area contributed by atoms with Crippen molar-refractivity contribution in [2.75, 3.05) is 0 Å². The summed E-state index contributed by atoms with van der Waals surface area (Å²) in [5.41, 5.74) is 0. The summed E-state index contributed by atoms with van der Waals surface area (Å²) < 4.78 is 0. The third kappa shape index (κ3) is 407. The van der Waals surface area contributed by atoms with Crippen LogP contribution in [-0.4, -0.2) is 127 Å². The van der Waals surface area contributed by atoms with Crippen LogP contribution in [0.5, 0.6) is 0 Å². The first-order chi connectivity index (χ1) is 8.49. The maximum absolute atomic E-state index is 2.30. The molecule has 12 radical (unpaired) electrons. The fourth-order valence-corrected chi connectivity index (χ4v) is 0. The molecule has 0 aromatic carbocycles. The van der Waals surface area contributed by atoms with E-state index < -0.39 is 0 Å². The second kappa shape index (κ2) is 124. The first-order valence-corrected chi connectivity index (χ1v) is 40.2. The molecule has 0 nitrogen and oxygen atoms in total. The molecule has 0 aromatic rings. The molecule has 22 heavy (non-hydrogen) atoms. The molecular weight excluding hydrogens is 980 g/mol. The molecular formula is C12H48P4Sn6. The SMILES string of the molecule is P.P.P.P.[CH3][Sn][CH3].[CH3][Sn][CH3].[CH3][Sn][CH3].[CH3][Sn][CH3].[CH3][Sn][CH3].[CH3][Sn][CH3]. The van der Waals surface area contributed by atoms with Gasteiger partial charge in [-0.1, -0.05) is 0 Å². The van der Waals surface area contributed by atoms with Gasteiger partial charge in [-0.3, -0.25) is 0 Å². The predicted octanol–water partition coefficient (Wildman–Crippen LogP) is 4.95. The topological polar surface area (TPSA) is 0 Å². The van der Waals surface area contributed by atoms with Crippen molar-refractivity contribution in [3.8, 4) is 0 Å². The van der Waals surface area contributed by atoms with E-state index >= 15 is 0 Å². The molecule has 0 aliphatic rings. The Morgan fingerprint density at radius 2 is 0.227 bits per heavy atom. The third-order valence-corrected chi connectivity index (χ3v) is 0. The van der Waals surface area contributed by atoms with Crippen molar-refractivity contribution in [3.63, 3.8) is 0 Å². The molecule has 0 aliphatic heterocycles. The van der Waals surface area contributed by atoms with E-state index in [2.05, 4.69) is 59.3 Å². The molecule has 0 heterocycles. The molecule has 0 aliphatic carbocycles. The monoisotopic (exact) mass is 1040 g/mol. The molecule has 0 N–H and O–H groups in total. The van der Waals surface area contributed by atoms with E-state index in [4.69, 9.17) is 0 Å². The van der Waals surface area contributed by atoms with Crippen molar-refractivity contribution in [3.05, 3.63) is 0 Å². The van der Waals surface area contributed by atoms with E-state index in [1.54, 1.807) is 0 Å². The van der Waals surface area contributed by atoms with Gasteiger partial charge < -0.3 is 0 Å². The number of rotatable bonds is 0. The Morgan fingerprint density at radius 3 is 0.227 bits per heavy atom. The van der Waals surface area contributed by atoms with E-state index in [-0.39, 0.29) is 166 Å². The summed E-state index contributed by atoms with van der Waals surface area (Å²) in [5.74, 6) is 0. The van der Waals surface area contributed by atoms with Gasteiger partial charge in [-0.05, 0) is 0 Å². The van der Waals surface area contributed by atoms with Crippen LogP contribution in [0.4, 0.5) is 0 Å². The van der Waals surface area contributed by atoms with E-state index in [0.29, 0.717) is 0 Å². The van der Waals surface area contributed by atoms with Gasteiger partial charge in [0, 0.05) is 0 Å². The van der Waals surface area contributed by atoms with Crippen LogP contribution < -0.4 is 0 Å². The second-order valence-electron chi connectivity index (χ2n) is 3.00. The predicted molar refractivity (Wildman–Crippen MR) is 149 cm³/mol. The quantitative estimate of drug-likeness (QED) is 0.239. The van der Waals surface area contributed by atoms with Crippen molar-refractivity contribution in [2.24, 2.45) is 0 Å². The van der Waals surface area contributed by atoms with Gasteiger partial charge >= 0.3 is 186 Å². The Bertz CT molecular complexity index is 47.1. The van der Waals surface area contributed by atoms with Gasteiger partial charge in [0.15, 0.2) is 0 Å². The summed E-state index contributed by atoms with van der Waals surface area (Å²) in [7, 11) is 0. The average Bonchev–Trinajstić information content (AvgIpc) is 2.23. The first-order valence-electron chi connectivity index (χ1n) is 6.00. The number of hydrogen-bond donors (Lipinski definition) is 0. The van der Waals surface area contributed by atoms with Gasteiger partial charge in [-0.15, -0.1) is 0 Å². The van der Waals surface area contributed by atoms with Crippen molar-refractivity contribution in [1.29, 1.82) is 0 Å². The Hall–Kier alpha value is 6.51. The van der Waals surface area contributed by atoms with Gasteiger partial charge in [0.2, 0.25) is 0 Å². The molecule has 0 aromatic heterocycles. The van der Waals surface area contributed by atoms with Crippen molar-refractivity contribution in [1.82, 2.24) is 0 Å². The number of hydrogen-bond acceptors (Lipinski definition) is 0. The van der Waals surface area contributed by atoms with Crippen molar-refractivity contribution >= 4 is 166 Å². The minimum atomic E-state index is 0. The van der Waals surface area contributed by atoms with E-state index in [9.17, 15) is 0 Å². The molecule has 4 unspecified atom stereocenters. The Labute approximate surface area is 221 Å². The van der Waals surface area contributed by atoms with E-state index in [1.165, 1.54) is 0 Å². The minimum absolute atomic E-state index is 0. The molecule has 0 rings (SSSR count). The van der Waals surface area contributed by atoms with Crippen LogP contribution in [0.15, 0.2) is 0 Å². The molecule has 0 saturated carbocycles. The van der Waals surface area contributed by atoms with Gasteiger partial charge in [-0.25, -0.2) is 0 Å². The standard InChI is InChI=1S/12CH3.4H3P.6Sn/h16*1H3;;;;;;. The van der Waals surface area contributed by atoms with Gasteiger partial charge in [-0.2, -0.15) is 39.6 Å². The van der Waals surface area contributed by atoms with Gasteiger partial charge in [0.05, 0.1) is 0 Å². The van der Waals surface area contributed by atoms with Crippen LogP contribution in [0.1, 0.15) is 0 Å². The summed E-state index contributed by atoms with van der Waals surface area (Å²) in [5, 5.41) is 0. The summed E-state index contributed by atoms with van der Waals surface area (Å²) in [6.07, 6.45) is 0. The Balaban J connectivity index is -0.00000000947. The van der Waals surface area contributed by atoms with Crippen molar-refractivity contribution in [2.45, 2.75) is 59.3 Å². The molecule has 0 saturated heterocycles. The molecule has 140 valence electrons. The van der Waals surface area contributed by atoms with Gasteiger partial charge in [0.1, 0.15) is 0 Å². The average molecular weight is 1030 g/mol. The van der Waals surface area contributed by atoms with Crippen LogP contribution in [-0.2, 0) is 0 Å². The molecule has 0 bridgehead atoms. The summed E-state index contributed by atoms with van der Waals surface area (Å²) in [6, 6.07) is 0. The fraction of sp³-hybridized carbons (Fsp3) is 1.00. The molecule has 10 heteroatoms. The van der Waals surface area contributed by atoms with Crippen molar-refractivity contribution < 1.29 is 0 Å². The van der Waals surface area contributed by atoms with Crippen LogP contribution >= 0.6 is 39.6 Å². The summed E-state index contributed by atoms with van der Waals surface area (Å²) in [6.45, 7) is 0. The van der Waals surface area contributed by atoms with Gasteiger partial charge in [0.25, 0.3) is 0 Å². The Morgan fingerprint density at radius 1 is 0.227 bits per heavy atom. The third-order valence-electron chi connectivity index (χ3n) is 0. The first kappa shape index (κ1) is 63.0. The molecule has 0 fully saturated rings.